The Balaban J connectivity index is 2.23. The van der Waals surface area contributed by atoms with Crippen molar-refractivity contribution >= 4 is 11.3 Å². The van der Waals surface area contributed by atoms with E-state index in [1.54, 1.807) is 16.0 Å². The van der Waals surface area contributed by atoms with Crippen LogP contribution in [0.1, 0.15) is 36.2 Å². The van der Waals surface area contributed by atoms with E-state index < -0.39 is 0 Å². The SMILES string of the molecule is CCc1ccsc1Cn1nnnc1C(C)N. The second-order valence-electron chi connectivity index (χ2n) is 3.71. The van der Waals surface area contributed by atoms with Crippen LogP contribution in [0.2, 0.25) is 0 Å². The number of nitrogens with two attached hydrogens (primary N) is 1. The summed E-state index contributed by atoms with van der Waals surface area (Å²) in [6.07, 6.45) is 1.04. The molecular weight excluding hydrogens is 222 g/mol. The normalized spacial score (nSPS) is 12.9. The fourth-order valence-electron chi connectivity index (χ4n) is 1.61. The average Bonchev–Trinajstić information content (AvgIpc) is 2.86. The lowest BCUT2D eigenvalue weighted by Crippen LogP contribution is -2.15. The highest BCUT2D eigenvalue weighted by Gasteiger charge is 2.12. The first-order chi connectivity index (χ1) is 7.72. The Morgan fingerprint density at radius 2 is 2.38 bits per heavy atom. The number of aromatic nitrogens is 4. The summed E-state index contributed by atoms with van der Waals surface area (Å²) in [5.41, 5.74) is 7.16. The maximum atomic E-state index is 5.80. The zero-order chi connectivity index (χ0) is 11.5. The van der Waals surface area contributed by atoms with Crippen molar-refractivity contribution in [3.05, 3.63) is 27.7 Å². The number of hydrogen-bond acceptors (Lipinski definition) is 5. The van der Waals surface area contributed by atoms with E-state index in [1.165, 1.54) is 10.4 Å². The van der Waals surface area contributed by atoms with Crippen LogP contribution in [-0.2, 0) is 13.0 Å². The minimum Gasteiger partial charge on any atom is -0.322 e. The topological polar surface area (TPSA) is 69.6 Å². The number of aryl methyl sites for hydroxylation is 1. The maximum absolute atomic E-state index is 5.80. The maximum Gasteiger partial charge on any atom is 0.168 e. The molecule has 0 radical (unpaired) electrons. The van der Waals surface area contributed by atoms with E-state index in [2.05, 4.69) is 33.9 Å². The highest BCUT2D eigenvalue weighted by atomic mass is 32.1. The third-order valence-corrected chi connectivity index (χ3v) is 3.43. The summed E-state index contributed by atoms with van der Waals surface area (Å²) in [5.74, 6) is 0.732. The van der Waals surface area contributed by atoms with E-state index in [0.29, 0.717) is 6.54 Å². The van der Waals surface area contributed by atoms with Gasteiger partial charge in [0.15, 0.2) is 5.82 Å². The molecule has 0 aliphatic carbocycles. The van der Waals surface area contributed by atoms with Gasteiger partial charge in [0, 0.05) is 4.88 Å². The molecule has 2 aromatic rings. The summed E-state index contributed by atoms with van der Waals surface area (Å²) in [7, 11) is 0. The van der Waals surface area contributed by atoms with Crippen molar-refractivity contribution in [3.63, 3.8) is 0 Å². The molecule has 16 heavy (non-hydrogen) atoms. The van der Waals surface area contributed by atoms with Crippen LogP contribution < -0.4 is 5.73 Å². The summed E-state index contributed by atoms with van der Waals surface area (Å²) < 4.78 is 1.77. The van der Waals surface area contributed by atoms with E-state index in [0.717, 1.165) is 12.2 Å². The van der Waals surface area contributed by atoms with Crippen molar-refractivity contribution < 1.29 is 0 Å². The smallest absolute Gasteiger partial charge is 0.168 e. The van der Waals surface area contributed by atoms with Gasteiger partial charge in [0.25, 0.3) is 0 Å². The van der Waals surface area contributed by atoms with Crippen molar-refractivity contribution in [1.82, 2.24) is 20.2 Å². The molecule has 1 atom stereocenters. The minimum atomic E-state index is -0.139. The minimum absolute atomic E-state index is 0.139. The molecule has 2 heterocycles. The van der Waals surface area contributed by atoms with Gasteiger partial charge < -0.3 is 5.73 Å². The van der Waals surface area contributed by atoms with Gasteiger partial charge in [-0.3, -0.25) is 0 Å². The Bertz CT molecular complexity index is 459. The molecular formula is C10H15N5S. The predicted octanol–water partition coefficient (Wildman–Crippen LogP) is 1.36. The molecule has 0 bridgehead atoms. The van der Waals surface area contributed by atoms with Gasteiger partial charge in [0.2, 0.25) is 0 Å². The molecule has 86 valence electrons. The predicted molar refractivity (Wildman–Crippen MR) is 63.2 cm³/mol. The molecule has 2 rings (SSSR count). The number of thiophene rings is 1. The molecule has 2 aromatic heterocycles. The number of tetrazole rings is 1. The van der Waals surface area contributed by atoms with Crippen LogP contribution in [0.4, 0.5) is 0 Å². The third-order valence-electron chi connectivity index (χ3n) is 2.48. The van der Waals surface area contributed by atoms with Gasteiger partial charge in [-0.25, -0.2) is 4.68 Å². The molecule has 0 aromatic carbocycles. The fraction of sp³-hybridized carbons (Fsp3) is 0.500. The Morgan fingerprint density at radius 3 is 3.06 bits per heavy atom. The Labute approximate surface area is 98.3 Å². The second-order valence-corrected chi connectivity index (χ2v) is 4.71. The molecule has 0 saturated heterocycles. The number of nitrogens with zero attached hydrogens (tertiary/aromatic N) is 4. The fourth-order valence-corrected chi connectivity index (χ4v) is 2.56. The van der Waals surface area contributed by atoms with Gasteiger partial charge in [-0.15, -0.1) is 16.4 Å². The summed E-state index contributed by atoms with van der Waals surface area (Å²) in [4.78, 5) is 1.30. The lowest BCUT2D eigenvalue weighted by molar-refractivity contribution is 0.590. The van der Waals surface area contributed by atoms with Crippen LogP contribution >= 0.6 is 11.3 Å². The molecule has 6 heteroatoms. The standard InChI is InChI=1S/C10H15N5S/c1-3-8-4-5-16-9(8)6-15-10(7(2)11)12-13-14-15/h4-5,7H,3,6,11H2,1-2H3. The van der Waals surface area contributed by atoms with E-state index in [-0.39, 0.29) is 6.04 Å². The highest BCUT2D eigenvalue weighted by Crippen LogP contribution is 2.19. The molecule has 0 fully saturated rings. The molecule has 1 unspecified atom stereocenters. The first-order valence-electron chi connectivity index (χ1n) is 5.29. The van der Waals surface area contributed by atoms with Gasteiger partial charge in [-0.1, -0.05) is 6.92 Å². The summed E-state index contributed by atoms with van der Waals surface area (Å²) in [5, 5.41) is 13.7. The molecule has 0 aliphatic heterocycles. The van der Waals surface area contributed by atoms with Crippen molar-refractivity contribution in [2.45, 2.75) is 32.9 Å². The summed E-state index contributed by atoms with van der Waals surface area (Å²) >= 11 is 1.74. The van der Waals surface area contributed by atoms with Crippen molar-refractivity contribution in [2.75, 3.05) is 0 Å². The monoisotopic (exact) mass is 237 g/mol. The molecule has 0 aliphatic rings. The first-order valence-corrected chi connectivity index (χ1v) is 6.17. The van der Waals surface area contributed by atoms with Gasteiger partial charge in [-0.05, 0) is 40.8 Å². The van der Waals surface area contributed by atoms with E-state index >= 15 is 0 Å². The summed E-state index contributed by atoms with van der Waals surface area (Å²) in [6.45, 7) is 4.75. The number of hydrogen-bond donors (Lipinski definition) is 1. The Kier molecular flexibility index (Phi) is 3.31. The van der Waals surface area contributed by atoms with Crippen molar-refractivity contribution in [2.24, 2.45) is 5.73 Å². The third kappa shape index (κ3) is 2.12. The van der Waals surface area contributed by atoms with Crippen LogP contribution in [-0.4, -0.2) is 20.2 Å². The second kappa shape index (κ2) is 4.71. The zero-order valence-corrected chi connectivity index (χ0v) is 10.2. The first kappa shape index (κ1) is 11.2. The van der Waals surface area contributed by atoms with E-state index in [1.807, 2.05) is 6.92 Å². The summed E-state index contributed by atoms with van der Waals surface area (Å²) in [6, 6.07) is 2.01. The van der Waals surface area contributed by atoms with Crippen LogP contribution in [0.15, 0.2) is 11.4 Å². The lowest BCUT2D eigenvalue weighted by atomic mass is 10.2. The van der Waals surface area contributed by atoms with E-state index in [4.69, 9.17) is 5.73 Å². The lowest BCUT2D eigenvalue weighted by Gasteiger charge is -2.06. The molecule has 0 amide bonds. The van der Waals surface area contributed by atoms with Gasteiger partial charge in [0.05, 0.1) is 12.6 Å². The van der Waals surface area contributed by atoms with Crippen molar-refractivity contribution in [3.8, 4) is 0 Å². The number of rotatable bonds is 4. The Hall–Kier alpha value is -1.27. The van der Waals surface area contributed by atoms with Crippen molar-refractivity contribution in [1.29, 1.82) is 0 Å². The molecule has 0 saturated carbocycles. The highest BCUT2D eigenvalue weighted by molar-refractivity contribution is 7.10. The Morgan fingerprint density at radius 1 is 1.56 bits per heavy atom. The van der Waals surface area contributed by atoms with Crippen LogP contribution in [0.3, 0.4) is 0 Å². The zero-order valence-electron chi connectivity index (χ0n) is 9.42. The quantitative estimate of drug-likeness (QED) is 0.871. The molecule has 2 N–H and O–H groups in total. The van der Waals surface area contributed by atoms with Crippen LogP contribution in [0, 0.1) is 0 Å². The molecule has 5 nitrogen and oxygen atoms in total. The van der Waals surface area contributed by atoms with E-state index in [9.17, 15) is 0 Å². The van der Waals surface area contributed by atoms with Gasteiger partial charge in [-0.2, -0.15) is 0 Å². The average molecular weight is 237 g/mol. The largest absolute Gasteiger partial charge is 0.322 e. The molecule has 0 spiro atoms. The van der Waals surface area contributed by atoms with Gasteiger partial charge >= 0.3 is 0 Å². The van der Waals surface area contributed by atoms with Crippen LogP contribution in [0.25, 0.3) is 0 Å². The van der Waals surface area contributed by atoms with Gasteiger partial charge in [0.1, 0.15) is 0 Å². The van der Waals surface area contributed by atoms with Crippen LogP contribution in [0.5, 0.6) is 0 Å².